The molecule has 2 unspecified atom stereocenters. The van der Waals surface area contributed by atoms with Crippen LogP contribution in [0.25, 0.3) is 0 Å². The number of rotatable bonds is 4. The smallest absolute Gasteiger partial charge is 0.326 e. The quantitative estimate of drug-likeness (QED) is 0.847. The molecule has 2 heterocycles. The molecule has 3 nitrogen and oxygen atoms in total. The van der Waals surface area contributed by atoms with Crippen LogP contribution >= 0.6 is 12.4 Å². The Morgan fingerprint density at radius 1 is 1.17 bits per heavy atom. The molecule has 1 amide bonds. The van der Waals surface area contributed by atoms with Crippen molar-refractivity contribution in [2.75, 3.05) is 5.32 Å². The summed E-state index contributed by atoms with van der Waals surface area (Å²) in [6.45, 7) is 0. The highest BCUT2D eigenvalue weighted by Gasteiger charge is 2.34. The van der Waals surface area contributed by atoms with Gasteiger partial charge in [-0.3, -0.25) is 4.79 Å². The summed E-state index contributed by atoms with van der Waals surface area (Å²) in [6.07, 6.45) is -0.637. The minimum Gasteiger partial charge on any atom is -0.326 e. The van der Waals surface area contributed by atoms with E-state index in [2.05, 4.69) is 10.6 Å². The van der Waals surface area contributed by atoms with Gasteiger partial charge in [0.25, 0.3) is 0 Å². The summed E-state index contributed by atoms with van der Waals surface area (Å²) in [4.78, 5) is 12.2. The van der Waals surface area contributed by atoms with E-state index in [1.54, 1.807) is 12.1 Å². The summed E-state index contributed by atoms with van der Waals surface area (Å²) in [5, 5.41) is 6.19. The molecule has 2 saturated heterocycles. The van der Waals surface area contributed by atoms with Gasteiger partial charge in [-0.1, -0.05) is 18.2 Å². The van der Waals surface area contributed by atoms with Gasteiger partial charge in [-0.15, -0.1) is 12.4 Å². The third kappa shape index (κ3) is 5.11. The zero-order chi connectivity index (χ0) is 16.4. The number of amides is 1. The van der Waals surface area contributed by atoms with Crippen molar-refractivity contribution in [3.05, 3.63) is 29.8 Å². The fraction of sp³-hybridized carbons (Fsp3) is 0.588. The molecule has 1 aromatic carbocycles. The van der Waals surface area contributed by atoms with E-state index < -0.39 is 12.6 Å². The lowest BCUT2D eigenvalue weighted by Gasteiger charge is -2.28. The second-order valence-corrected chi connectivity index (χ2v) is 6.68. The highest BCUT2D eigenvalue weighted by atomic mass is 35.5. The maximum absolute atomic E-state index is 12.6. The number of carbonyl (C=O) groups excluding carboxylic acids is 1. The van der Waals surface area contributed by atoms with Gasteiger partial charge in [0.1, 0.15) is 0 Å². The van der Waals surface area contributed by atoms with E-state index in [1.165, 1.54) is 12.1 Å². The van der Waals surface area contributed by atoms with Crippen LogP contribution < -0.4 is 10.6 Å². The number of anilines is 1. The Kier molecular flexibility index (Phi) is 6.15. The number of piperidine rings is 1. The maximum atomic E-state index is 12.6. The maximum Gasteiger partial charge on any atom is 0.393 e. The van der Waals surface area contributed by atoms with Crippen LogP contribution in [0.1, 0.15) is 37.7 Å². The number of para-hydroxylation sites is 1. The van der Waals surface area contributed by atoms with Crippen LogP contribution in [-0.4, -0.2) is 24.2 Å². The Balaban J connectivity index is 0.00000208. The van der Waals surface area contributed by atoms with Crippen LogP contribution in [0.2, 0.25) is 0 Å². The molecule has 2 atom stereocenters. The van der Waals surface area contributed by atoms with E-state index in [-0.39, 0.29) is 29.6 Å². The molecule has 134 valence electrons. The lowest BCUT2D eigenvalue weighted by atomic mass is 9.89. The number of nitrogens with one attached hydrogen (secondary N) is 2. The molecule has 1 aromatic rings. The minimum atomic E-state index is -4.28. The molecule has 0 aliphatic carbocycles. The topological polar surface area (TPSA) is 41.1 Å². The van der Waals surface area contributed by atoms with Crippen molar-refractivity contribution in [3.8, 4) is 0 Å². The van der Waals surface area contributed by atoms with Crippen molar-refractivity contribution in [1.82, 2.24) is 5.32 Å². The first-order valence-electron chi connectivity index (χ1n) is 8.09. The van der Waals surface area contributed by atoms with Gasteiger partial charge < -0.3 is 10.6 Å². The van der Waals surface area contributed by atoms with Gasteiger partial charge >= 0.3 is 6.18 Å². The first-order valence-corrected chi connectivity index (χ1v) is 8.09. The Hall–Kier alpha value is -1.27. The Morgan fingerprint density at radius 3 is 2.42 bits per heavy atom. The third-order valence-corrected chi connectivity index (χ3v) is 4.73. The van der Waals surface area contributed by atoms with Crippen molar-refractivity contribution < 1.29 is 18.0 Å². The summed E-state index contributed by atoms with van der Waals surface area (Å²) < 4.78 is 37.8. The molecular formula is C17H22ClF3N2O. The molecule has 2 fully saturated rings. The first kappa shape index (κ1) is 19.1. The largest absolute Gasteiger partial charge is 0.393 e. The molecule has 2 aliphatic heterocycles. The van der Waals surface area contributed by atoms with Gasteiger partial charge in [-0.2, -0.15) is 13.2 Å². The number of hydrogen-bond donors (Lipinski definition) is 2. The molecule has 2 aliphatic rings. The zero-order valence-electron chi connectivity index (χ0n) is 13.2. The van der Waals surface area contributed by atoms with E-state index in [1.807, 2.05) is 0 Å². The van der Waals surface area contributed by atoms with E-state index in [4.69, 9.17) is 0 Å². The fourth-order valence-electron chi connectivity index (χ4n) is 3.82. The molecular weight excluding hydrogens is 341 g/mol. The lowest BCUT2D eigenvalue weighted by Crippen LogP contribution is -2.39. The highest BCUT2D eigenvalue weighted by molar-refractivity contribution is 5.91. The first-order chi connectivity index (χ1) is 10.9. The van der Waals surface area contributed by atoms with Crippen molar-refractivity contribution in [2.24, 2.45) is 5.92 Å². The highest BCUT2D eigenvalue weighted by Crippen LogP contribution is 2.33. The molecule has 2 N–H and O–H groups in total. The van der Waals surface area contributed by atoms with Crippen LogP contribution in [0.15, 0.2) is 24.3 Å². The van der Waals surface area contributed by atoms with Crippen LogP contribution in [0, 0.1) is 5.92 Å². The zero-order valence-corrected chi connectivity index (χ0v) is 14.1. The van der Waals surface area contributed by atoms with E-state index in [0.717, 1.165) is 25.7 Å². The second kappa shape index (κ2) is 7.74. The average molecular weight is 363 g/mol. The predicted octanol–water partition coefficient (Wildman–Crippen LogP) is 4.07. The van der Waals surface area contributed by atoms with Gasteiger partial charge in [0.15, 0.2) is 0 Å². The summed E-state index contributed by atoms with van der Waals surface area (Å²) in [5.41, 5.74) is 0.380. The Labute approximate surface area is 145 Å². The van der Waals surface area contributed by atoms with E-state index in [0.29, 0.717) is 24.4 Å². The van der Waals surface area contributed by atoms with Gasteiger partial charge in [0.2, 0.25) is 5.91 Å². The number of hydrogen-bond acceptors (Lipinski definition) is 2. The summed E-state index contributed by atoms with van der Waals surface area (Å²) in [6, 6.07) is 7.15. The normalized spacial score (nSPS) is 25.9. The van der Waals surface area contributed by atoms with Gasteiger partial charge in [0.05, 0.1) is 6.42 Å². The molecule has 24 heavy (non-hydrogen) atoms. The number of benzene rings is 1. The average Bonchev–Trinajstić information content (AvgIpc) is 2.78. The van der Waals surface area contributed by atoms with Crippen LogP contribution in [-0.2, 0) is 11.2 Å². The molecule has 7 heteroatoms. The third-order valence-electron chi connectivity index (χ3n) is 4.73. The number of carbonyl (C=O) groups is 1. The standard InChI is InChI=1S/C17H21F3N2O.ClH/c18-17(19,20)10-12-3-1-2-4-15(12)22-16(23)9-11-7-13-5-6-14(8-11)21-13;/h1-4,11,13-14,21H,5-10H2,(H,22,23);1H. The molecule has 0 aromatic heterocycles. The number of fused-ring (bicyclic) bond motifs is 2. The summed E-state index contributed by atoms with van der Waals surface area (Å²) in [7, 11) is 0. The number of alkyl halides is 3. The van der Waals surface area contributed by atoms with E-state index in [9.17, 15) is 18.0 Å². The van der Waals surface area contributed by atoms with Gasteiger partial charge in [0, 0.05) is 24.2 Å². The van der Waals surface area contributed by atoms with Gasteiger partial charge in [-0.05, 0) is 43.2 Å². The second-order valence-electron chi connectivity index (χ2n) is 6.68. The molecule has 2 bridgehead atoms. The SMILES string of the molecule is Cl.O=C(CC1CC2CCC(C1)N2)Nc1ccccc1CC(F)(F)F. The minimum absolute atomic E-state index is 0. The van der Waals surface area contributed by atoms with Crippen LogP contribution in [0.3, 0.4) is 0 Å². The van der Waals surface area contributed by atoms with Crippen molar-refractivity contribution in [3.63, 3.8) is 0 Å². The molecule has 0 saturated carbocycles. The fourth-order valence-corrected chi connectivity index (χ4v) is 3.82. The Morgan fingerprint density at radius 2 is 1.79 bits per heavy atom. The lowest BCUT2D eigenvalue weighted by molar-refractivity contribution is -0.127. The number of halogens is 4. The van der Waals surface area contributed by atoms with Crippen molar-refractivity contribution in [2.45, 2.75) is 56.8 Å². The summed E-state index contributed by atoms with van der Waals surface area (Å²) in [5.74, 6) is 0.134. The Bertz CT molecular complexity index is 567. The predicted molar refractivity (Wildman–Crippen MR) is 89.4 cm³/mol. The van der Waals surface area contributed by atoms with E-state index >= 15 is 0 Å². The molecule has 3 rings (SSSR count). The van der Waals surface area contributed by atoms with Crippen molar-refractivity contribution in [1.29, 1.82) is 0 Å². The van der Waals surface area contributed by atoms with Crippen molar-refractivity contribution >= 4 is 24.0 Å². The van der Waals surface area contributed by atoms with Gasteiger partial charge in [-0.25, -0.2) is 0 Å². The monoisotopic (exact) mass is 362 g/mol. The molecule has 0 spiro atoms. The van der Waals surface area contributed by atoms with Crippen LogP contribution in [0.5, 0.6) is 0 Å². The van der Waals surface area contributed by atoms with Crippen LogP contribution in [0.4, 0.5) is 18.9 Å². The molecule has 0 radical (unpaired) electrons. The summed E-state index contributed by atoms with van der Waals surface area (Å²) >= 11 is 0.